The molecule has 2 nitrogen and oxygen atoms in total. The summed E-state index contributed by atoms with van der Waals surface area (Å²) in [6.45, 7) is 2.29. The van der Waals surface area contributed by atoms with Crippen LogP contribution in [0.3, 0.4) is 0 Å². The molecule has 2 bridgehead atoms. The van der Waals surface area contributed by atoms with Crippen LogP contribution >= 0.6 is 0 Å². The van der Waals surface area contributed by atoms with Crippen LogP contribution in [-0.2, 0) is 0 Å². The quantitative estimate of drug-likeness (QED) is 0.595. The lowest BCUT2D eigenvalue weighted by Crippen LogP contribution is -2.53. The summed E-state index contributed by atoms with van der Waals surface area (Å²) in [5.41, 5.74) is 0.638. The zero-order chi connectivity index (χ0) is 12.5. The fraction of sp³-hybridized carbons (Fsp3) is 0.533. The highest BCUT2D eigenvalue weighted by molar-refractivity contribution is 5.96. The summed E-state index contributed by atoms with van der Waals surface area (Å²) in [6.07, 6.45) is 4.33. The number of hydrogen-bond donors (Lipinski definition) is 0. The first kappa shape index (κ1) is 11.8. The van der Waals surface area contributed by atoms with E-state index in [2.05, 4.69) is 4.90 Å². The van der Waals surface area contributed by atoms with E-state index in [9.17, 15) is 9.18 Å². The van der Waals surface area contributed by atoms with Crippen molar-refractivity contribution in [1.82, 2.24) is 4.90 Å². The molecule has 3 aliphatic rings. The predicted octanol–water partition coefficient (Wildman–Crippen LogP) is 2.72. The van der Waals surface area contributed by atoms with E-state index >= 15 is 0 Å². The number of carbonyl (C=O) groups excluding carboxylic acids is 1. The molecule has 18 heavy (non-hydrogen) atoms. The van der Waals surface area contributed by atoms with Crippen LogP contribution in [0.1, 0.15) is 36.0 Å². The SMILES string of the molecule is O=C(CC1CC2CC[N+]1CC2)c1ccc(F)cc1. The van der Waals surface area contributed by atoms with Crippen molar-refractivity contribution in [3.8, 4) is 0 Å². The van der Waals surface area contributed by atoms with Crippen LogP contribution in [0.4, 0.5) is 4.39 Å². The number of rotatable bonds is 3. The zero-order valence-electron chi connectivity index (χ0n) is 10.4. The van der Waals surface area contributed by atoms with Crippen molar-refractivity contribution in [3.05, 3.63) is 35.6 Å². The van der Waals surface area contributed by atoms with Gasteiger partial charge in [-0.3, -0.25) is 4.79 Å². The highest BCUT2D eigenvalue weighted by atomic mass is 19.1. The van der Waals surface area contributed by atoms with Gasteiger partial charge in [0.2, 0.25) is 0 Å². The first-order valence-electron chi connectivity index (χ1n) is 6.75. The summed E-state index contributed by atoms with van der Waals surface area (Å²) in [5, 5.41) is 0. The Morgan fingerprint density at radius 2 is 1.89 bits per heavy atom. The number of nitrogens with zero attached hydrogens (tertiary/aromatic N) is 1. The normalized spacial score (nSPS) is 30.4. The Balaban J connectivity index is 1.66. The van der Waals surface area contributed by atoms with Gasteiger partial charge in [-0.1, -0.05) is 0 Å². The highest BCUT2D eigenvalue weighted by Crippen LogP contribution is 2.31. The van der Waals surface area contributed by atoms with Crippen LogP contribution < -0.4 is 4.90 Å². The largest absolute Gasteiger partial charge is 0.294 e. The molecule has 0 N–H and O–H groups in total. The maximum atomic E-state index is 12.8. The molecule has 3 fully saturated rings. The summed E-state index contributed by atoms with van der Waals surface area (Å²) in [7, 11) is 0. The molecule has 1 atom stereocenters. The van der Waals surface area contributed by atoms with Gasteiger partial charge in [-0.05, 0) is 30.2 Å². The van der Waals surface area contributed by atoms with Crippen molar-refractivity contribution >= 4 is 5.78 Å². The average Bonchev–Trinajstić information content (AvgIpc) is 2.41. The van der Waals surface area contributed by atoms with Gasteiger partial charge in [0.15, 0.2) is 5.78 Å². The minimum atomic E-state index is -0.285. The van der Waals surface area contributed by atoms with E-state index in [1.807, 2.05) is 0 Å². The lowest BCUT2D eigenvalue weighted by atomic mass is 9.81. The van der Waals surface area contributed by atoms with Crippen LogP contribution in [0.2, 0.25) is 0 Å². The van der Waals surface area contributed by atoms with Gasteiger partial charge >= 0.3 is 0 Å². The molecule has 0 aromatic heterocycles. The van der Waals surface area contributed by atoms with Gasteiger partial charge in [-0.2, -0.15) is 4.90 Å². The van der Waals surface area contributed by atoms with Gasteiger partial charge in [0.05, 0.1) is 6.42 Å². The standard InChI is InChI=1S/C15H18FNO/c16-13-3-1-12(2-4-13)15(18)10-14-9-11-5-7-17(14)8-6-11/h1-4,11,14H,5-10H2/q+1. The number of halogens is 1. The number of piperidine rings is 3. The monoisotopic (exact) mass is 247 g/mol. The number of ketones is 1. The van der Waals surface area contributed by atoms with E-state index in [1.54, 1.807) is 12.1 Å². The minimum absolute atomic E-state index is 0.146. The Hall–Kier alpha value is -1.22. The first-order valence-corrected chi connectivity index (χ1v) is 6.75. The van der Waals surface area contributed by atoms with E-state index in [4.69, 9.17) is 0 Å². The Morgan fingerprint density at radius 1 is 1.22 bits per heavy atom. The second-order valence-electron chi connectivity index (χ2n) is 5.50. The molecule has 0 spiro atoms. The smallest absolute Gasteiger partial charge is 0.168 e. The number of Topliss-reactive ketones (excluding diaryl/α,β-unsaturated/α-hetero) is 1. The number of benzene rings is 1. The van der Waals surface area contributed by atoms with E-state index in [-0.39, 0.29) is 11.6 Å². The maximum Gasteiger partial charge on any atom is 0.168 e. The van der Waals surface area contributed by atoms with Crippen LogP contribution in [0.5, 0.6) is 0 Å². The predicted molar refractivity (Wildman–Crippen MR) is 68.3 cm³/mol. The van der Waals surface area contributed by atoms with Crippen molar-refractivity contribution in [2.24, 2.45) is 5.92 Å². The molecule has 0 aliphatic carbocycles. The Bertz CT molecular complexity index is 434. The lowest BCUT2D eigenvalue weighted by molar-refractivity contribution is 0.0852. The number of carbonyl (C=O) groups is 1. The Labute approximate surface area is 107 Å². The van der Waals surface area contributed by atoms with Gasteiger partial charge in [-0.15, -0.1) is 0 Å². The molecule has 3 heterocycles. The third-order valence-electron chi connectivity index (χ3n) is 4.36. The summed E-state index contributed by atoms with van der Waals surface area (Å²) in [6, 6.07) is 6.32. The molecule has 3 heteroatoms. The molecule has 1 aromatic rings. The van der Waals surface area contributed by atoms with Crippen molar-refractivity contribution in [1.29, 1.82) is 0 Å². The zero-order valence-corrected chi connectivity index (χ0v) is 10.4. The molecule has 3 saturated heterocycles. The lowest BCUT2D eigenvalue weighted by Gasteiger charge is -2.37. The van der Waals surface area contributed by atoms with Gasteiger partial charge in [0, 0.05) is 24.8 Å². The van der Waals surface area contributed by atoms with Crippen LogP contribution in [0.15, 0.2) is 24.3 Å². The van der Waals surface area contributed by atoms with Crippen LogP contribution in [0, 0.1) is 11.7 Å². The molecular weight excluding hydrogens is 229 g/mol. The molecule has 1 unspecified atom stereocenters. The average molecular weight is 247 g/mol. The molecule has 1 radical (unpaired) electrons. The second kappa shape index (κ2) is 4.81. The minimum Gasteiger partial charge on any atom is -0.294 e. The Morgan fingerprint density at radius 3 is 2.44 bits per heavy atom. The van der Waals surface area contributed by atoms with Gasteiger partial charge < -0.3 is 0 Å². The maximum absolute atomic E-state index is 12.8. The van der Waals surface area contributed by atoms with Crippen molar-refractivity contribution in [2.75, 3.05) is 13.1 Å². The first-order chi connectivity index (χ1) is 8.72. The summed E-state index contributed by atoms with van der Waals surface area (Å²) in [4.78, 5) is 14.6. The molecule has 0 saturated carbocycles. The van der Waals surface area contributed by atoms with Gasteiger partial charge in [0.25, 0.3) is 0 Å². The third-order valence-corrected chi connectivity index (χ3v) is 4.36. The van der Waals surface area contributed by atoms with Crippen LogP contribution in [0.25, 0.3) is 0 Å². The molecule has 0 amide bonds. The van der Waals surface area contributed by atoms with E-state index < -0.39 is 0 Å². The fourth-order valence-corrected chi connectivity index (χ4v) is 3.27. The molecule has 1 aromatic carbocycles. The molecule has 3 aliphatic heterocycles. The topological polar surface area (TPSA) is 23.0 Å². The van der Waals surface area contributed by atoms with E-state index in [0.717, 1.165) is 25.4 Å². The molecular formula is C15H18FNO+. The summed E-state index contributed by atoms with van der Waals surface area (Å²) >= 11 is 0. The fourth-order valence-electron chi connectivity index (χ4n) is 3.27. The van der Waals surface area contributed by atoms with E-state index in [0.29, 0.717) is 18.0 Å². The highest BCUT2D eigenvalue weighted by Gasteiger charge is 2.42. The van der Waals surface area contributed by atoms with Crippen molar-refractivity contribution < 1.29 is 9.18 Å². The summed E-state index contributed by atoms with van der Waals surface area (Å²) in [5.74, 6) is 0.681. The van der Waals surface area contributed by atoms with Gasteiger partial charge in [0.1, 0.15) is 24.9 Å². The third kappa shape index (κ3) is 2.32. The van der Waals surface area contributed by atoms with Gasteiger partial charge in [-0.25, -0.2) is 4.39 Å². The van der Waals surface area contributed by atoms with Crippen molar-refractivity contribution in [2.45, 2.75) is 31.7 Å². The summed E-state index contributed by atoms with van der Waals surface area (Å²) < 4.78 is 12.8. The number of fused-ring (bicyclic) bond motifs is 3. The Kier molecular flexibility index (Phi) is 3.16. The van der Waals surface area contributed by atoms with Crippen LogP contribution in [-0.4, -0.2) is 24.9 Å². The van der Waals surface area contributed by atoms with Crippen molar-refractivity contribution in [3.63, 3.8) is 0 Å². The van der Waals surface area contributed by atoms with E-state index in [1.165, 1.54) is 25.0 Å². The molecule has 95 valence electrons. The number of hydrogen-bond acceptors (Lipinski definition) is 2. The second-order valence-corrected chi connectivity index (χ2v) is 5.50. The molecule has 4 rings (SSSR count).